The molecule has 0 aliphatic rings. The highest BCUT2D eigenvalue weighted by Gasteiger charge is 2.15. The van der Waals surface area contributed by atoms with Crippen LogP contribution in [-0.4, -0.2) is 38.4 Å². The molecule has 1 amide bonds. The van der Waals surface area contributed by atoms with Crippen LogP contribution in [0.25, 0.3) is 11.0 Å². The molecule has 108 valence electrons. The van der Waals surface area contributed by atoms with Crippen LogP contribution in [0.15, 0.2) is 12.3 Å². The first-order valence-electron chi connectivity index (χ1n) is 6.71. The van der Waals surface area contributed by atoms with Gasteiger partial charge in [-0.3, -0.25) is 4.79 Å². The summed E-state index contributed by atoms with van der Waals surface area (Å²) in [5, 5.41) is 17.0. The Labute approximate surface area is 117 Å². The number of pyridine rings is 1. The van der Waals surface area contributed by atoms with Gasteiger partial charge in [0.15, 0.2) is 5.65 Å². The maximum atomic E-state index is 12.1. The van der Waals surface area contributed by atoms with Gasteiger partial charge in [0.25, 0.3) is 5.91 Å². The third-order valence-corrected chi connectivity index (χ3v) is 3.05. The van der Waals surface area contributed by atoms with E-state index in [1.165, 1.54) is 0 Å². The lowest BCUT2D eigenvalue weighted by molar-refractivity contribution is 0.0923. The molecule has 0 spiro atoms. The lowest BCUT2D eigenvalue weighted by Gasteiger charge is -2.10. The van der Waals surface area contributed by atoms with E-state index in [-0.39, 0.29) is 18.5 Å². The highest BCUT2D eigenvalue weighted by molar-refractivity contribution is 5.98. The molecule has 2 heterocycles. The Balaban J connectivity index is 2.36. The van der Waals surface area contributed by atoms with Gasteiger partial charge in [0.2, 0.25) is 0 Å². The predicted molar refractivity (Wildman–Crippen MR) is 76.7 cm³/mol. The van der Waals surface area contributed by atoms with Gasteiger partial charge in [-0.25, -0.2) is 9.67 Å². The molecule has 0 saturated heterocycles. The van der Waals surface area contributed by atoms with Crippen LogP contribution in [0.2, 0.25) is 0 Å². The molecule has 2 aromatic rings. The zero-order valence-electron chi connectivity index (χ0n) is 12.2. The standard InChI is InChI=1S/C14H20N4O2/c1-8(2)18-13-11(7-16-18)5-12(10(4)17-13)14(20)15-6-9(3)19/h5,7-9,19H,6H2,1-4H3,(H,15,20). The SMILES string of the molecule is Cc1nc2c(cnn2C(C)C)cc1C(=O)NCC(C)O. The average Bonchev–Trinajstić information content (AvgIpc) is 2.77. The third kappa shape index (κ3) is 2.80. The Morgan fingerprint density at radius 1 is 1.45 bits per heavy atom. The van der Waals surface area contributed by atoms with Crippen molar-refractivity contribution >= 4 is 16.9 Å². The summed E-state index contributed by atoms with van der Waals surface area (Å²) in [5.41, 5.74) is 1.95. The Bertz CT molecular complexity index is 631. The van der Waals surface area contributed by atoms with Crippen molar-refractivity contribution in [3.05, 3.63) is 23.5 Å². The van der Waals surface area contributed by atoms with Crippen molar-refractivity contribution in [3.63, 3.8) is 0 Å². The van der Waals surface area contributed by atoms with Crippen LogP contribution >= 0.6 is 0 Å². The number of hydrogen-bond donors (Lipinski definition) is 2. The molecular formula is C14H20N4O2. The summed E-state index contributed by atoms with van der Waals surface area (Å²) in [7, 11) is 0. The average molecular weight is 276 g/mol. The van der Waals surface area contributed by atoms with Crippen LogP contribution in [0.3, 0.4) is 0 Å². The van der Waals surface area contributed by atoms with Gasteiger partial charge in [-0.1, -0.05) is 0 Å². The van der Waals surface area contributed by atoms with E-state index < -0.39 is 6.10 Å². The smallest absolute Gasteiger partial charge is 0.253 e. The number of aromatic nitrogens is 3. The minimum Gasteiger partial charge on any atom is -0.392 e. The number of hydrogen-bond acceptors (Lipinski definition) is 4. The number of carbonyl (C=O) groups is 1. The fraction of sp³-hybridized carbons (Fsp3) is 0.500. The zero-order valence-corrected chi connectivity index (χ0v) is 12.2. The van der Waals surface area contributed by atoms with Gasteiger partial charge in [0.1, 0.15) is 0 Å². The predicted octanol–water partition coefficient (Wildman–Crippen LogP) is 1.43. The van der Waals surface area contributed by atoms with Crippen LogP contribution in [0, 0.1) is 6.92 Å². The Hall–Kier alpha value is -1.95. The molecule has 1 unspecified atom stereocenters. The second-order valence-corrected chi connectivity index (χ2v) is 5.28. The summed E-state index contributed by atoms with van der Waals surface area (Å²) in [4.78, 5) is 16.5. The van der Waals surface area contributed by atoms with Crippen molar-refractivity contribution in [3.8, 4) is 0 Å². The van der Waals surface area contributed by atoms with Gasteiger partial charge in [-0.05, 0) is 33.8 Å². The van der Waals surface area contributed by atoms with Gasteiger partial charge < -0.3 is 10.4 Å². The summed E-state index contributed by atoms with van der Waals surface area (Å²) in [6, 6.07) is 2.01. The Morgan fingerprint density at radius 3 is 2.75 bits per heavy atom. The summed E-state index contributed by atoms with van der Waals surface area (Å²) >= 11 is 0. The number of fused-ring (bicyclic) bond motifs is 1. The molecule has 0 radical (unpaired) electrons. The molecule has 2 rings (SSSR count). The zero-order chi connectivity index (χ0) is 14.9. The number of aliphatic hydroxyl groups is 1. The van der Waals surface area contributed by atoms with E-state index in [0.717, 1.165) is 11.0 Å². The van der Waals surface area contributed by atoms with Gasteiger partial charge in [0, 0.05) is 18.0 Å². The van der Waals surface area contributed by atoms with Gasteiger partial charge in [-0.15, -0.1) is 0 Å². The second kappa shape index (κ2) is 5.58. The molecule has 0 aliphatic carbocycles. The highest BCUT2D eigenvalue weighted by Crippen LogP contribution is 2.19. The Morgan fingerprint density at radius 2 is 2.15 bits per heavy atom. The molecule has 2 aromatic heterocycles. The summed E-state index contributed by atoms with van der Waals surface area (Å²) in [5.74, 6) is -0.227. The lowest BCUT2D eigenvalue weighted by atomic mass is 10.1. The minimum absolute atomic E-state index is 0.217. The van der Waals surface area contributed by atoms with Crippen molar-refractivity contribution in [2.45, 2.75) is 39.8 Å². The fourth-order valence-corrected chi connectivity index (χ4v) is 2.01. The first kappa shape index (κ1) is 14.5. The monoisotopic (exact) mass is 276 g/mol. The molecule has 0 aliphatic heterocycles. The number of nitrogens with one attached hydrogen (secondary N) is 1. The molecule has 0 aromatic carbocycles. The Kier molecular flexibility index (Phi) is 4.04. The van der Waals surface area contributed by atoms with Crippen LogP contribution in [-0.2, 0) is 0 Å². The largest absolute Gasteiger partial charge is 0.392 e. The summed E-state index contributed by atoms with van der Waals surface area (Å²) < 4.78 is 1.83. The molecule has 0 bridgehead atoms. The minimum atomic E-state index is -0.570. The number of nitrogens with zero attached hydrogens (tertiary/aromatic N) is 3. The van der Waals surface area contributed by atoms with E-state index in [2.05, 4.69) is 15.4 Å². The van der Waals surface area contributed by atoms with Crippen molar-refractivity contribution in [2.24, 2.45) is 0 Å². The van der Waals surface area contributed by atoms with Crippen molar-refractivity contribution in [1.29, 1.82) is 0 Å². The molecule has 20 heavy (non-hydrogen) atoms. The highest BCUT2D eigenvalue weighted by atomic mass is 16.3. The summed E-state index contributed by atoms with van der Waals surface area (Å²) in [6.07, 6.45) is 1.15. The molecule has 6 heteroatoms. The second-order valence-electron chi connectivity index (χ2n) is 5.28. The van der Waals surface area contributed by atoms with Gasteiger partial charge in [-0.2, -0.15) is 5.10 Å². The third-order valence-electron chi connectivity index (χ3n) is 3.05. The maximum Gasteiger partial charge on any atom is 0.253 e. The molecule has 0 fully saturated rings. The topological polar surface area (TPSA) is 80.0 Å². The molecule has 0 saturated carbocycles. The number of rotatable bonds is 4. The van der Waals surface area contributed by atoms with Crippen molar-refractivity contribution < 1.29 is 9.90 Å². The van der Waals surface area contributed by atoms with E-state index in [4.69, 9.17) is 0 Å². The van der Waals surface area contributed by atoms with Gasteiger partial charge in [0.05, 0.1) is 23.6 Å². The summed E-state index contributed by atoms with van der Waals surface area (Å²) in [6.45, 7) is 7.72. The number of aliphatic hydroxyl groups excluding tert-OH is 1. The number of carbonyl (C=O) groups excluding carboxylic acids is 1. The van der Waals surface area contributed by atoms with Crippen LogP contribution in [0.5, 0.6) is 0 Å². The lowest BCUT2D eigenvalue weighted by Crippen LogP contribution is -2.31. The first-order valence-corrected chi connectivity index (χ1v) is 6.71. The first-order chi connectivity index (χ1) is 9.40. The maximum absolute atomic E-state index is 12.1. The molecule has 1 atom stereocenters. The molecule has 6 nitrogen and oxygen atoms in total. The van der Waals surface area contributed by atoms with Crippen LogP contribution in [0.1, 0.15) is 42.9 Å². The van der Waals surface area contributed by atoms with Crippen molar-refractivity contribution in [2.75, 3.05) is 6.54 Å². The van der Waals surface area contributed by atoms with Crippen molar-refractivity contribution in [1.82, 2.24) is 20.1 Å². The van der Waals surface area contributed by atoms with E-state index in [1.54, 1.807) is 26.1 Å². The normalized spacial score (nSPS) is 12.9. The molecule has 2 N–H and O–H groups in total. The van der Waals surface area contributed by atoms with Crippen LogP contribution < -0.4 is 5.32 Å². The number of aryl methyl sites for hydroxylation is 1. The number of amides is 1. The van der Waals surface area contributed by atoms with E-state index in [9.17, 15) is 9.90 Å². The van der Waals surface area contributed by atoms with E-state index >= 15 is 0 Å². The van der Waals surface area contributed by atoms with Crippen LogP contribution in [0.4, 0.5) is 0 Å². The van der Waals surface area contributed by atoms with E-state index in [1.807, 2.05) is 18.5 Å². The quantitative estimate of drug-likeness (QED) is 0.885. The fourth-order valence-electron chi connectivity index (χ4n) is 2.01. The van der Waals surface area contributed by atoms with E-state index in [0.29, 0.717) is 11.3 Å². The molecular weight excluding hydrogens is 256 g/mol. The van der Waals surface area contributed by atoms with Gasteiger partial charge >= 0.3 is 0 Å².